The first-order valence-corrected chi connectivity index (χ1v) is 7.41. The van der Waals surface area contributed by atoms with E-state index in [0.717, 1.165) is 11.1 Å². The molecule has 1 heterocycles. The van der Waals surface area contributed by atoms with E-state index in [1.165, 1.54) is 0 Å². The van der Waals surface area contributed by atoms with E-state index in [4.69, 9.17) is 32.7 Å². The standard InChI is InChI=1S/C15H12Cl2N4O2/c1-22-14-6-9(15-18-20-21-19-15)3-5-13(14)23-8-10-2-4-11(16)7-12(10)17/h2-7H,8H2,1H3,(H,18,19,20,21). The number of halogens is 2. The van der Waals surface area contributed by atoms with Crippen molar-refractivity contribution in [3.63, 3.8) is 0 Å². The fourth-order valence-electron chi connectivity index (χ4n) is 2.00. The minimum Gasteiger partial charge on any atom is -0.493 e. The van der Waals surface area contributed by atoms with E-state index in [2.05, 4.69) is 20.6 Å². The first-order valence-electron chi connectivity index (χ1n) is 6.66. The molecule has 23 heavy (non-hydrogen) atoms. The molecule has 0 saturated heterocycles. The quantitative estimate of drug-likeness (QED) is 0.758. The molecule has 0 unspecified atom stereocenters. The number of tetrazole rings is 1. The summed E-state index contributed by atoms with van der Waals surface area (Å²) in [5, 5.41) is 14.9. The molecule has 1 N–H and O–H groups in total. The van der Waals surface area contributed by atoms with Gasteiger partial charge in [-0.2, -0.15) is 5.21 Å². The van der Waals surface area contributed by atoms with Crippen molar-refractivity contribution in [3.05, 3.63) is 52.0 Å². The highest BCUT2D eigenvalue weighted by Gasteiger charge is 2.11. The Bertz CT molecular complexity index is 809. The van der Waals surface area contributed by atoms with Gasteiger partial charge in [0.05, 0.1) is 7.11 Å². The molecule has 118 valence electrons. The predicted molar refractivity (Wildman–Crippen MR) is 87.0 cm³/mol. The highest BCUT2D eigenvalue weighted by atomic mass is 35.5. The second-order valence-corrected chi connectivity index (χ2v) is 5.47. The van der Waals surface area contributed by atoms with Gasteiger partial charge < -0.3 is 9.47 Å². The summed E-state index contributed by atoms with van der Waals surface area (Å²) in [4.78, 5) is 0. The van der Waals surface area contributed by atoms with E-state index in [1.54, 1.807) is 31.4 Å². The third-order valence-electron chi connectivity index (χ3n) is 3.17. The fraction of sp³-hybridized carbons (Fsp3) is 0.133. The molecular weight excluding hydrogens is 339 g/mol. The highest BCUT2D eigenvalue weighted by Crippen LogP contribution is 2.32. The molecule has 0 spiro atoms. The van der Waals surface area contributed by atoms with Gasteiger partial charge in [-0.15, -0.1) is 10.2 Å². The van der Waals surface area contributed by atoms with E-state index in [1.807, 2.05) is 12.1 Å². The van der Waals surface area contributed by atoms with Crippen LogP contribution in [0, 0.1) is 0 Å². The molecule has 3 aromatic rings. The summed E-state index contributed by atoms with van der Waals surface area (Å²) < 4.78 is 11.1. The number of rotatable bonds is 5. The van der Waals surface area contributed by atoms with E-state index in [0.29, 0.717) is 34.0 Å². The highest BCUT2D eigenvalue weighted by molar-refractivity contribution is 6.35. The lowest BCUT2D eigenvalue weighted by Gasteiger charge is -2.12. The molecule has 0 aliphatic rings. The predicted octanol–water partition coefficient (Wildman–Crippen LogP) is 3.76. The third-order valence-corrected chi connectivity index (χ3v) is 3.75. The average Bonchev–Trinajstić information content (AvgIpc) is 3.08. The Hall–Kier alpha value is -2.31. The summed E-state index contributed by atoms with van der Waals surface area (Å²) in [6.07, 6.45) is 0. The number of methoxy groups -OCH3 is 1. The Morgan fingerprint density at radius 1 is 1.09 bits per heavy atom. The molecule has 1 aromatic heterocycles. The zero-order valence-electron chi connectivity index (χ0n) is 12.1. The van der Waals surface area contributed by atoms with Crippen molar-refractivity contribution in [1.29, 1.82) is 0 Å². The van der Waals surface area contributed by atoms with Crippen LogP contribution < -0.4 is 9.47 Å². The number of nitrogens with one attached hydrogen (secondary N) is 1. The molecule has 0 fully saturated rings. The lowest BCUT2D eigenvalue weighted by Crippen LogP contribution is -1.99. The Morgan fingerprint density at radius 3 is 2.65 bits per heavy atom. The zero-order chi connectivity index (χ0) is 16.2. The van der Waals surface area contributed by atoms with E-state index < -0.39 is 0 Å². The number of hydrogen-bond acceptors (Lipinski definition) is 5. The Labute approximate surface area is 142 Å². The van der Waals surface area contributed by atoms with Crippen molar-refractivity contribution in [1.82, 2.24) is 20.6 Å². The van der Waals surface area contributed by atoms with Gasteiger partial charge in [-0.25, -0.2) is 0 Å². The van der Waals surface area contributed by atoms with Crippen molar-refractivity contribution in [2.45, 2.75) is 6.61 Å². The molecule has 0 aliphatic carbocycles. The maximum absolute atomic E-state index is 6.14. The maximum Gasteiger partial charge on any atom is 0.204 e. The monoisotopic (exact) mass is 350 g/mol. The lowest BCUT2D eigenvalue weighted by molar-refractivity contribution is 0.284. The van der Waals surface area contributed by atoms with Crippen LogP contribution in [0.25, 0.3) is 11.4 Å². The van der Waals surface area contributed by atoms with Gasteiger partial charge in [0.25, 0.3) is 0 Å². The summed E-state index contributed by atoms with van der Waals surface area (Å²) in [6, 6.07) is 10.7. The van der Waals surface area contributed by atoms with Gasteiger partial charge in [-0.05, 0) is 35.5 Å². The van der Waals surface area contributed by atoms with E-state index in [-0.39, 0.29) is 0 Å². The largest absolute Gasteiger partial charge is 0.493 e. The Balaban J connectivity index is 1.80. The Morgan fingerprint density at radius 2 is 1.96 bits per heavy atom. The van der Waals surface area contributed by atoms with Crippen molar-refractivity contribution >= 4 is 23.2 Å². The van der Waals surface area contributed by atoms with Crippen LogP contribution in [-0.4, -0.2) is 27.7 Å². The van der Waals surface area contributed by atoms with Crippen LogP contribution in [0.1, 0.15) is 5.56 Å². The smallest absolute Gasteiger partial charge is 0.204 e. The van der Waals surface area contributed by atoms with Gasteiger partial charge >= 0.3 is 0 Å². The van der Waals surface area contributed by atoms with Gasteiger partial charge in [0.1, 0.15) is 6.61 Å². The maximum atomic E-state index is 6.14. The summed E-state index contributed by atoms with van der Waals surface area (Å²) in [6.45, 7) is 0.300. The number of benzene rings is 2. The lowest BCUT2D eigenvalue weighted by atomic mass is 10.2. The molecule has 0 atom stereocenters. The molecule has 3 rings (SSSR count). The molecular formula is C15H12Cl2N4O2. The van der Waals surface area contributed by atoms with Crippen molar-refractivity contribution in [2.24, 2.45) is 0 Å². The van der Waals surface area contributed by atoms with E-state index in [9.17, 15) is 0 Å². The molecule has 0 aliphatic heterocycles. The molecule has 0 bridgehead atoms. The van der Waals surface area contributed by atoms with Crippen LogP contribution in [0.2, 0.25) is 10.0 Å². The first kappa shape index (κ1) is 15.6. The first-order chi connectivity index (χ1) is 11.2. The van der Waals surface area contributed by atoms with E-state index >= 15 is 0 Å². The van der Waals surface area contributed by atoms with Crippen molar-refractivity contribution < 1.29 is 9.47 Å². The number of hydrogen-bond donors (Lipinski definition) is 1. The normalized spacial score (nSPS) is 10.6. The zero-order valence-corrected chi connectivity index (χ0v) is 13.6. The van der Waals surface area contributed by atoms with Gasteiger partial charge in [0.2, 0.25) is 5.82 Å². The van der Waals surface area contributed by atoms with Crippen molar-refractivity contribution in [2.75, 3.05) is 7.11 Å². The number of nitrogens with zero attached hydrogens (tertiary/aromatic N) is 3. The van der Waals surface area contributed by atoms with Gasteiger partial charge in [0, 0.05) is 21.2 Å². The van der Waals surface area contributed by atoms with Gasteiger partial charge in [-0.3, -0.25) is 0 Å². The summed E-state index contributed by atoms with van der Waals surface area (Å²) in [5.74, 6) is 1.64. The van der Waals surface area contributed by atoms with Crippen LogP contribution in [0.4, 0.5) is 0 Å². The summed E-state index contributed by atoms with van der Waals surface area (Å²) in [7, 11) is 1.57. The van der Waals surface area contributed by atoms with Crippen LogP contribution in [0.15, 0.2) is 36.4 Å². The molecule has 6 nitrogen and oxygen atoms in total. The van der Waals surface area contributed by atoms with Gasteiger partial charge in [0.15, 0.2) is 11.5 Å². The van der Waals surface area contributed by atoms with Crippen LogP contribution in [0.3, 0.4) is 0 Å². The Kier molecular flexibility index (Phi) is 4.64. The van der Waals surface area contributed by atoms with Crippen LogP contribution in [0.5, 0.6) is 11.5 Å². The second kappa shape index (κ2) is 6.85. The topological polar surface area (TPSA) is 72.9 Å². The van der Waals surface area contributed by atoms with Crippen molar-refractivity contribution in [3.8, 4) is 22.9 Å². The minimum absolute atomic E-state index is 0.300. The number of aromatic amines is 1. The average molecular weight is 351 g/mol. The number of aromatic nitrogens is 4. The summed E-state index contributed by atoms with van der Waals surface area (Å²) >= 11 is 12.0. The fourth-order valence-corrected chi connectivity index (χ4v) is 2.47. The molecule has 8 heteroatoms. The summed E-state index contributed by atoms with van der Waals surface area (Å²) in [5.41, 5.74) is 1.60. The molecule has 0 radical (unpaired) electrons. The third kappa shape index (κ3) is 3.55. The van der Waals surface area contributed by atoms with Crippen LogP contribution >= 0.6 is 23.2 Å². The van der Waals surface area contributed by atoms with Crippen LogP contribution in [-0.2, 0) is 6.61 Å². The minimum atomic E-state index is 0.300. The number of H-pyrrole nitrogens is 1. The molecule has 2 aromatic carbocycles. The molecule has 0 saturated carbocycles. The second-order valence-electron chi connectivity index (χ2n) is 4.63. The number of ether oxygens (including phenoxy) is 2. The SMILES string of the molecule is COc1cc(-c2nn[nH]n2)ccc1OCc1ccc(Cl)cc1Cl. The molecule has 0 amide bonds. The van der Waals surface area contributed by atoms with Gasteiger partial charge in [-0.1, -0.05) is 29.3 Å².